The van der Waals surface area contributed by atoms with Crippen molar-refractivity contribution < 1.29 is 28.5 Å². The molecule has 5 rings (SSSR count). The van der Waals surface area contributed by atoms with Crippen molar-refractivity contribution in [1.29, 1.82) is 0 Å². The molecule has 2 heterocycles. The van der Waals surface area contributed by atoms with Gasteiger partial charge in [0.05, 0.1) is 18.9 Å². The molecule has 0 saturated carbocycles. The molecule has 8 nitrogen and oxygen atoms in total. The summed E-state index contributed by atoms with van der Waals surface area (Å²) in [6.45, 7) is -0.447. The van der Waals surface area contributed by atoms with Crippen LogP contribution in [0.15, 0.2) is 84.0 Å². The van der Waals surface area contributed by atoms with Gasteiger partial charge < -0.3 is 18.9 Å². The van der Waals surface area contributed by atoms with E-state index < -0.39 is 24.6 Å². The van der Waals surface area contributed by atoms with Crippen LogP contribution in [-0.2, 0) is 14.3 Å². The molecule has 2 aliphatic rings. The van der Waals surface area contributed by atoms with Gasteiger partial charge in [0.15, 0.2) is 18.1 Å². The van der Waals surface area contributed by atoms with Crippen LogP contribution in [0.25, 0.3) is 0 Å². The quantitative estimate of drug-likeness (QED) is 0.508. The number of hydrogen-bond donors (Lipinski definition) is 0. The van der Waals surface area contributed by atoms with Crippen molar-refractivity contribution in [2.24, 2.45) is 5.10 Å². The van der Waals surface area contributed by atoms with Crippen molar-refractivity contribution in [1.82, 2.24) is 5.01 Å². The molecular weight excluding hydrogens is 448 g/mol. The van der Waals surface area contributed by atoms with E-state index in [4.69, 9.17) is 18.9 Å². The number of benzene rings is 3. The van der Waals surface area contributed by atoms with Crippen molar-refractivity contribution >= 4 is 17.6 Å². The van der Waals surface area contributed by atoms with Gasteiger partial charge >= 0.3 is 5.97 Å². The van der Waals surface area contributed by atoms with Crippen LogP contribution in [0.5, 0.6) is 17.2 Å². The van der Waals surface area contributed by atoms with Gasteiger partial charge in [-0.3, -0.25) is 4.79 Å². The Morgan fingerprint density at radius 1 is 0.971 bits per heavy atom. The lowest BCUT2D eigenvalue weighted by molar-refractivity contribution is -0.160. The molecule has 2 aliphatic heterocycles. The Hall–Kier alpha value is -4.33. The third-order valence-electron chi connectivity index (χ3n) is 5.88. The lowest BCUT2D eigenvalue weighted by Crippen LogP contribution is -2.40. The highest BCUT2D eigenvalue weighted by molar-refractivity contribution is 6.03. The van der Waals surface area contributed by atoms with E-state index in [-0.39, 0.29) is 12.6 Å². The van der Waals surface area contributed by atoms with Crippen LogP contribution >= 0.6 is 0 Å². The molecular formula is C27H24N2O6. The Labute approximate surface area is 202 Å². The van der Waals surface area contributed by atoms with E-state index in [0.717, 1.165) is 22.6 Å². The number of carbonyl (C=O) groups excluding carboxylic acids is 2. The van der Waals surface area contributed by atoms with Crippen LogP contribution < -0.4 is 14.2 Å². The van der Waals surface area contributed by atoms with Crippen LogP contribution in [0.2, 0.25) is 0 Å². The van der Waals surface area contributed by atoms with Crippen molar-refractivity contribution in [3.05, 3.63) is 90.0 Å². The maximum absolute atomic E-state index is 13.2. The van der Waals surface area contributed by atoms with Gasteiger partial charge in [0, 0.05) is 6.42 Å². The standard InChI is InChI=1S/C27H24N2O6/c1-32-20-13-11-19(12-14-20)22-15-21(18-7-3-2-4-8-18)28-29(22)26(30)17-34-27(31)25-16-33-23-9-5-6-10-24(23)35-25/h2-14,22,25H,15-17H2,1H3. The van der Waals surface area contributed by atoms with E-state index >= 15 is 0 Å². The van der Waals surface area contributed by atoms with Crippen LogP contribution in [0, 0.1) is 0 Å². The lowest BCUT2D eigenvalue weighted by atomic mass is 9.98. The Bertz CT molecular complexity index is 1240. The molecule has 0 fully saturated rings. The zero-order chi connectivity index (χ0) is 24.2. The SMILES string of the molecule is COc1ccc(C2CC(c3ccccc3)=NN2C(=O)COC(=O)C2COc3ccccc3O2)cc1. The van der Waals surface area contributed by atoms with E-state index in [0.29, 0.717) is 17.9 Å². The molecule has 0 bridgehead atoms. The van der Waals surface area contributed by atoms with Gasteiger partial charge in [-0.15, -0.1) is 0 Å². The topological polar surface area (TPSA) is 86.7 Å². The first-order chi connectivity index (χ1) is 17.1. The summed E-state index contributed by atoms with van der Waals surface area (Å²) in [6.07, 6.45) is -0.413. The molecule has 3 aromatic rings. The second kappa shape index (κ2) is 9.89. The zero-order valence-electron chi connectivity index (χ0n) is 19.1. The summed E-state index contributed by atoms with van der Waals surface area (Å²) in [5.74, 6) is 0.652. The first kappa shape index (κ1) is 22.5. The minimum atomic E-state index is -0.947. The molecule has 2 atom stereocenters. The molecule has 0 aromatic heterocycles. The smallest absolute Gasteiger partial charge is 0.351 e. The summed E-state index contributed by atoms with van der Waals surface area (Å²) >= 11 is 0. The minimum absolute atomic E-state index is 0.0124. The van der Waals surface area contributed by atoms with E-state index in [1.54, 1.807) is 25.3 Å². The summed E-state index contributed by atoms with van der Waals surface area (Å²) in [4.78, 5) is 25.7. The summed E-state index contributed by atoms with van der Waals surface area (Å²) in [5.41, 5.74) is 2.62. The molecule has 8 heteroatoms. The number of methoxy groups -OCH3 is 1. The fourth-order valence-corrected chi connectivity index (χ4v) is 4.06. The van der Waals surface area contributed by atoms with Crippen LogP contribution in [0.4, 0.5) is 0 Å². The van der Waals surface area contributed by atoms with Crippen molar-refractivity contribution in [2.75, 3.05) is 20.3 Å². The third-order valence-corrected chi connectivity index (χ3v) is 5.88. The second-order valence-corrected chi connectivity index (χ2v) is 8.12. The Morgan fingerprint density at radius 3 is 2.43 bits per heavy atom. The monoisotopic (exact) mass is 472 g/mol. The van der Waals surface area contributed by atoms with Crippen molar-refractivity contribution in [2.45, 2.75) is 18.6 Å². The van der Waals surface area contributed by atoms with Gasteiger partial charge in [-0.25, -0.2) is 9.80 Å². The molecule has 3 aromatic carbocycles. The largest absolute Gasteiger partial charge is 0.497 e. The van der Waals surface area contributed by atoms with E-state index in [1.165, 1.54) is 5.01 Å². The van der Waals surface area contributed by atoms with Gasteiger partial charge in [0.1, 0.15) is 12.4 Å². The molecule has 0 radical (unpaired) electrons. The number of rotatable bonds is 6. The summed E-state index contributed by atoms with van der Waals surface area (Å²) in [7, 11) is 1.60. The average Bonchev–Trinajstić information content (AvgIpc) is 3.37. The Kier molecular flexibility index (Phi) is 6.34. The Morgan fingerprint density at radius 2 is 1.69 bits per heavy atom. The molecule has 178 valence electrons. The van der Waals surface area contributed by atoms with Gasteiger partial charge in [-0.1, -0.05) is 54.6 Å². The number of para-hydroxylation sites is 2. The van der Waals surface area contributed by atoms with E-state index in [9.17, 15) is 9.59 Å². The van der Waals surface area contributed by atoms with Gasteiger partial charge in [-0.05, 0) is 35.4 Å². The molecule has 2 unspecified atom stereocenters. The normalized spacial score (nSPS) is 18.5. The number of esters is 1. The minimum Gasteiger partial charge on any atom is -0.497 e. The first-order valence-corrected chi connectivity index (χ1v) is 11.3. The molecule has 0 spiro atoms. The van der Waals surface area contributed by atoms with Crippen LogP contribution in [0.1, 0.15) is 23.6 Å². The number of ether oxygens (including phenoxy) is 4. The average molecular weight is 472 g/mol. The van der Waals surface area contributed by atoms with Crippen molar-refractivity contribution in [3.8, 4) is 17.2 Å². The maximum Gasteiger partial charge on any atom is 0.351 e. The summed E-state index contributed by atoms with van der Waals surface area (Å²) < 4.78 is 21.8. The summed E-state index contributed by atoms with van der Waals surface area (Å²) in [6, 6.07) is 23.9. The predicted octanol–water partition coefficient (Wildman–Crippen LogP) is 3.76. The fourth-order valence-electron chi connectivity index (χ4n) is 4.06. The summed E-state index contributed by atoms with van der Waals surface area (Å²) in [5, 5.41) is 5.99. The third kappa shape index (κ3) is 4.82. The number of nitrogens with zero attached hydrogens (tertiary/aromatic N) is 2. The number of hydrazone groups is 1. The molecule has 1 amide bonds. The highest BCUT2D eigenvalue weighted by atomic mass is 16.6. The number of fused-ring (bicyclic) bond motifs is 1. The highest BCUT2D eigenvalue weighted by Gasteiger charge is 2.35. The Balaban J connectivity index is 1.29. The number of hydrogen-bond acceptors (Lipinski definition) is 7. The highest BCUT2D eigenvalue weighted by Crippen LogP contribution is 2.34. The second-order valence-electron chi connectivity index (χ2n) is 8.12. The van der Waals surface area contributed by atoms with Gasteiger partial charge in [-0.2, -0.15) is 5.10 Å². The first-order valence-electron chi connectivity index (χ1n) is 11.3. The van der Waals surface area contributed by atoms with E-state index in [2.05, 4.69) is 5.10 Å². The zero-order valence-corrected chi connectivity index (χ0v) is 19.1. The molecule has 35 heavy (non-hydrogen) atoms. The van der Waals surface area contributed by atoms with Crippen molar-refractivity contribution in [3.63, 3.8) is 0 Å². The van der Waals surface area contributed by atoms with E-state index in [1.807, 2.05) is 60.7 Å². The molecule has 0 N–H and O–H groups in total. The predicted molar refractivity (Wildman–Crippen MR) is 127 cm³/mol. The van der Waals surface area contributed by atoms with Crippen LogP contribution in [0.3, 0.4) is 0 Å². The van der Waals surface area contributed by atoms with Crippen LogP contribution in [-0.4, -0.2) is 49.0 Å². The van der Waals surface area contributed by atoms with Gasteiger partial charge in [0.25, 0.3) is 5.91 Å². The number of carbonyl (C=O) groups is 2. The molecule has 0 saturated heterocycles. The molecule has 0 aliphatic carbocycles. The number of amides is 1. The fraction of sp³-hybridized carbons (Fsp3) is 0.222. The van der Waals surface area contributed by atoms with Gasteiger partial charge in [0.2, 0.25) is 6.10 Å². The maximum atomic E-state index is 13.2. The lowest BCUT2D eigenvalue weighted by Gasteiger charge is -2.25.